The summed E-state index contributed by atoms with van der Waals surface area (Å²) in [6.07, 6.45) is 5.69. The molecule has 140 valence electrons. The summed E-state index contributed by atoms with van der Waals surface area (Å²) < 4.78 is 7.25. The number of carbonyl (C=O) groups is 1. The number of rotatable bonds is 5. The van der Waals surface area contributed by atoms with Crippen molar-refractivity contribution in [1.82, 2.24) is 24.8 Å². The second-order valence-electron chi connectivity index (χ2n) is 6.75. The molecule has 27 heavy (non-hydrogen) atoms. The first-order valence-electron chi connectivity index (χ1n) is 9.13. The molecule has 1 amide bonds. The van der Waals surface area contributed by atoms with Crippen LogP contribution in [0.2, 0.25) is 0 Å². The van der Waals surface area contributed by atoms with Gasteiger partial charge >= 0.3 is 0 Å². The molecule has 7 nitrogen and oxygen atoms in total. The molecular formula is C20H23N5O2. The number of hydrogen-bond acceptors (Lipinski definition) is 5. The molecule has 0 aliphatic carbocycles. The van der Waals surface area contributed by atoms with Crippen molar-refractivity contribution < 1.29 is 9.53 Å². The quantitative estimate of drug-likeness (QED) is 0.750. The maximum absolute atomic E-state index is 12.4. The molecule has 0 saturated carbocycles. The highest BCUT2D eigenvalue weighted by molar-refractivity contribution is 5.75. The molecule has 3 aromatic rings. The van der Waals surface area contributed by atoms with E-state index in [2.05, 4.69) is 20.3 Å². The number of methoxy groups -OCH3 is 1. The summed E-state index contributed by atoms with van der Waals surface area (Å²) in [5.74, 6) is 0.624. The summed E-state index contributed by atoms with van der Waals surface area (Å²) in [6, 6.07) is 11.6. The molecule has 0 radical (unpaired) electrons. The Bertz CT molecular complexity index is 964. The molecule has 1 aliphatic heterocycles. The Morgan fingerprint density at radius 2 is 2.04 bits per heavy atom. The smallest absolute Gasteiger partial charge is 0.218 e. The number of nitrogens with one attached hydrogen (secondary N) is 1. The van der Waals surface area contributed by atoms with E-state index in [1.54, 1.807) is 30.9 Å². The van der Waals surface area contributed by atoms with Gasteiger partial charge in [-0.15, -0.1) is 0 Å². The first kappa shape index (κ1) is 17.5. The molecule has 1 aliphatic rings. The van der Waals surface area contributed by atoms with Crippen LogP contribution in [0.15, 0.2) is 48.8 Å². The van der Waals surface area contributed by atoms with E-state index >= 15 is 0 Å². The normalized spacial score (nSPS) is 17.0. The second kappa shape index (κ2) is 7.00. The number of amides is 1. The number of benzene rings is 1. The standard InChI is InChI=1S/C20H23N5O2/c1-15(26)23-20(24-11-3-4-12-24,16-7-5-8-17(13-16)27-2)18-14-21-19-9-6-10-22-25(18)19/h5-10,13-14H,3-4,11-12H2,1-2H3,(H,23,26). The van der Waals surface area contributed by atoms with E-state index < -0.39 is 5.66 Å². The molecule has 1 saturated heterocycles. The fourth-order valence-corrected chi connectivity index (χ4v) is 3.94. The van der Waals surface area contributed by atoms with Crippen LogP contribution >= 0.6 is 0 Å². The van der Waals surface area contributed by atoms with Crippen LogP contribution in [0.25, 0.3) is 5.65 Å². The van der Waals surface area contributed by atoms with Gasteiger partial charge in [-0.05, 0) is 37.1 Å². The molecule has 0 spiro atoms. The summed E-state index contributed by atoms with van der Waals surface area (Å²) >= 11 is 0. The lowest BCUT2D eigenvalue weighted by atomic mass is 9.93. The average molecular weight is 365 g/mol. The summed E-state index contributed by atoms with van der Waals surface area (Å²) in [6.45, 7) is 3.29. The van der Waals surface area contributed by atoms with Crippen LogP contribution in [0.5, 0.6) is 5.75 Å². The van der Waals surface area contributed by atoms with Gasteiger partial charge in [0, 0.05) is 31.8 Å². The molecule has 1 N–H and O–H groups in total. The van der Waals surface area contributed by atoms with E-state index in [9.17, 15) is 4.79 Å². The molecule has 0 bridgehead atoms. The van der Waals surface area contributed by atoms with Crippen LogP contribution in [0.1, 0.15) is 31.0 Å². The Hall–Kier alpha value is -2.93. The number of fused-ring (bicyclic) bond motifs is 1. The lowest BCUT2D eigenvalue weighted by molar-refractivity contribution is -0.122. The van der Waals surface area contributed by atoms with E-state index in [1.807, 2.05) is 36.4 Å². The van der Waals surface area contributed by atoms with Crippen LogP contribution in [-0.2, 0) is 10.5 Å². The van der Waals surface area contributed by atoms with Gasteiger partial charge in [0.1, 0.15) is 11.4 Å². The Kier molecular flexibility index (Phi) is 4.53. The zero-order chi connectivity index (χ0) is 18.9. The van der Waals surface area contributed by atoms with Gasteiger partial charge in [-0.2, -0.15) is 5.10 Å². The molecule has 1 aromatic carbocycles. The van der Waals surface area contributed by atoms with Crippen molar-refractivity contribution in [1.29, 1.82) is 0 Å². The third-order valence-electron chi connectivity index (χ3n) is 5.07. The number of aromatic nitrogens is 3. The minimum absolute atomic E-state index is 0.115. The summed E-state index contributed by atoms with van der Waals surface area (Å²) in [5, 5.41) is 7.73. The Labute approximate surface area is 158 Å². The van der Waals surface area contributed by atoms with E-state index in [1.165, 1.54) is 0 Å². The third-order valence-corrected chi connectivity index (χ3v) is 5.07. The molecule has 1 atom stereocenters. The topological polar surface area (TPSA) is 71.8 Å². The van der Waals surface area contributed by atoms with Gasteiger partial charge in [-0.25, -0.2) is 9.50 Å². The molecule has 7 heteroatoms. The minimum atomic E-state index is -0.870. The zero-order valence-corrected chi connectivity index (χ0v) is 15.6. The number of hydrogen-bond donors (Lipinski definition) is 1. The van der Waals surface area contributed by atoms with Gasteiger partial charge in [0.2, 0.25) is 5.91 Å². The highest BCUT2D eigenvalue weighted by Gasteiger charge is 2.45. The Morgan fingerprint density at radius 1 is 1.22 bits per heavy atom. The fourth-order valence-electron chi connectivity index (χ4n) is 3.94. The van der Waals surface area contributed by atoms with Gasteiger partial charge in [0.25, 0.3) is 0 Å². The fraction of sp³-hybridized carbons (Fsp3) is 0.350. The maximum Gasteiger partial charge on any atom is 0.218 e. The van der Waals surface area contributed by atoms with Crippen molar-refractivity contribution in [3.05, 3.63) is 60.0 Å². The van der Waals surface area contributed by atoms with Crippen molar-refractivity contribution >= 4 is 11.6 Å². The number of nitrogens with zero attached hydrogens (tertiary/aromatic N) is 4. The zero-order valence-electron chi connectivity index (χ0n) is 15.6. The molecular weight excluding hydrogens is 342 g/mol. The first-order valence-corrected chi connectivity index (χ1v) is 9.13. The van der Waals surface area contributed by atoms with Gasteiger partial charge in [0.05, 0.1) is 13.3 Å². The molecule has 1 unspecified atom stereocenters. The Morgan fingerprint density at radius 3 is 2.78 bits per heavy atom. The lowest BCUT2D eigenvalue weighted by Crippen LogP contribution is -2.58. The number of carbonyl (C=O) groups excluding carboxylic acids is 1. The van der Waals surface area contributed by atoms with Gasteiger partial charge in [-0.3, -0.25) is 9.69 Å². The van der Waals surface area contributed by atoms with E-state index in [-0.39, 0.29) is 5.91 Å². The van der Waals surface area contributed by atoms with Crippen LogP contribution in [0.4, 0.5) is 0 Å². The highest BCUT2D eigenvalue weighted by atomic mass is 16.5. The van der Waals surface area contributed by atoms with Gasteiger partial charge < -0.3 is 10.1 Å². The first-order chi connectivity index (χ1) is 13.1. The maximum atomic E-state index is 12.4. The molecule has 1 fully saturated rings. The van der Waals surface area contributed by atoms with Gasteiger partial charge in [0.15, 0.2) is 11.3 Å². The van der Waals surface area contributed by atoms with Crippen LogP contribution < -0.4 is 10.1 Å². The molecule has 2 aromatic heterocycles. The van der Waals surface area contributed by atoms with Crippen molar-refractivity contribution in [2.75, 3.05) is 20.2 Å². The van der Waals surface area contributed by atoms with Crippen LogP contribution in [-0.4, -0.2) is 45.6 Å². The monoisotopic (exact) mass is 365 g/mol. The molecule has 4 rings (SSSR count). The highest BCUT2D eigenvalue weighted by Crippen LogP contribution is 2.37. The Balaban J connectivity index is 2.01. The van der Waals surface area contributed by atoms with E-state index in [0.717, 1.165) is 48.6 Å². The van der Waals surface area contributed by atoms with Crippen molar-refractivity contribution in [3.8, 4) is 5.75 Å². The van der Waals surface area contributed by atoms with Crippen LogP contribution in [0.3, 0.4) is 0 Å². The number of imidazole rings is 1. The average Bonchev–Trinajstić information content (AvgIpc) is 3.36. The predicted octanol–water partition coefficient (Wildman–Crippen LogP) is 2.17. The van der Waals surface area contributed by atoms with Crippen molar-refractivity contribution in [2.45, 2.75) is 25.4 Å². The van der Waals surface area contributed by atoms with Gasteiger partial charge in [-0.1, -0.05) is 12.1 Å². The minimum Gasteiger partial charge on any atom is -0.497 e. The van der Waals surface area contributed by atoms with E-state index in [0.29, 0.717) is 0 Å². The largest absolute Gasteiger partial charge is 0.497 e. The predicted molar refractivity (Wildman–Crippen MR) is 101 cm³/mol. The summed E-state index contributed by atoms with van der Waals surface area (Å²) in [4.78, 5) is 19.2. The summed E-state index contributed by atoms with van der Waals surface area (Å²) in [7, 11) is 1.64. The third kappa shape index (κ3) is 2.94. The van der Waals surface area contributed by atoms with Crippen LogP contribution in [0, 0.1) is 0 Å². The van der Waals surface area contributed by atoms with Crippen molar-refractivity contribution in [3.63, 3.8) is 0 Å². The number of likely N-dealkylation sites (tertiary alicyclic amines) is 1. The SMILES string of the molecule is COc1cccc(C(NC(C)=O)(c2cnc3cccnn23)N2CCCC2)c1. The number of ether oxygens (including phenoxy) is 1. The molecule has 3 heterocycles. The second-order valence-corrected chi connectivity index (χ2v) is 6.75. The summed E-state index contributed by atoms with van der Waals surface area (Å²) in [5.41, 5.74) is 1.60. The van der Waals surface area contributed by atoms with Crippen molar-refractivity contribution in [2.24, 2.45) is 0 Å². The lowest BCUT2D eigenvalue weighted by Gasteiger charge is -2.42. The van der Waals surface area contributed by atoms with E-state index in [4.69, 9.17) is 4.74 Å².